The Morgan fingerprint density at radius 1 is 1.35 bits per heavy atom. The molecular weight excluding hydrogens is 343 g/mol. The van der Waals surface area contributed by atoms with Crippen molar-refractivity contribution < 1.29 is 48.8 Å². The standard InChI is InChI=1S/C19H22N2O4.Na/c1-11(16-12(2)21-25-13(16)3)10-20-17(22)15-9-19(15,18(23)24)14-7-5-4-6-8-14;/h4-8,11,15H,9-10H2,1-3H3,(H,20,22)(H,23,24);/q;+1/p-1/t11?,15-,19+;/m0./s1. The molecule has 1 N–H and O–H groups in total. The van der Waals surface area contributed by atoms with E-state index in [4.69, 9.17) is 4.52 Å². The van der Waals surface area contributed by atoms with Gasteiger partial charge in [-0.3, -0.25) is 4.79 Å². The van der Waals surface area contributed by atoms with E-state index < -0.39 is 17.3 Å². The summed E-state index contributed by atoms with van der Waals surface area (Å²) in [4.78, 5) is 24.2. The molecule has 6 nitrogen and oxygen atoms in total. The Balaban J connectivity index is 0.00000243. The van der Waals surface area contributed by atoms with Crippen LogP contribution in [0.5, 0.6) is 0 Å². The Morgan fingerprint density at radius 3 is 2.54 bits per heavy atom. The predicted molar refractivity (Wildman–Crippen MR) is 88.6 cm³/mol. The number of amides is 1. The van der Waals surface area contributed by atoms with Gasteiger partial charge in [0.15, 0.2) is 0 Å². The van der Waals surface area contributed by atoms with Gasteiger partial charge < -0.3 is 19.7 Å². The number of carboxylic acid groups (broad SMARTS) is 1. The number of aliphatic carboxylic acids is 1. The largest absolute Gasteiger partial charge is 1.00 e. The first-order valence-electron chi connectivity index (χ1n) is 8.35. The van der Waals surface area contributed by atoms with Crippen LogP contribution >= 0.6 is 0 Å². The summed E-state index contributed by atoms with van der Waals surface area (Å²) >= 11 is 0. The number of benzene rings is 1. The van der Waals surface area contributed by atoms with Crippen molar-refractivity contribution in [2.45, 2.75) is 38.5 Å². The maximum Gasteiger partial charge on any atom is 1.00 e. The first kappa shape index (κ1) is 20.7. The summed E-state index contributed by atoms with van der Waals surface area (Å²) in [5.41, 5.74) is 1.19. The van der Waals surface area contributed by atoms with Crippen LogP contribution in [0, 0.1) is 19.8 Å². The van der Waals surface area contributed by atoms with E-state index in [-0.39, 0.29) is 47.8 Å². The van der Waals surface area contributed by atoms with E-state index in [1.807, 2.05) is 26.8 Å². The molecule has 1 aliphatic carbocycles. The molecule has 3 atom stereocenters. The van der Waals surface area contributed by atoms with Gasteiger partial charge in [0, 0.05) is 23.4 Å². The summed E-state index contributed by atoms with van der Waals surface area (Å²) in [5, 5.41) is 18.5. The molecule has 0 spiro atoms. The van der Waals surface area contributed by atoms with E-state index in [2.05, 4.69) is 10.5 Å². The number of carboxylic acids is 1. The van der Waals surface area contributed by atoms with Gasteiger partial charge in [0.25, 0.3) is 0 Å². The molecular formula is C19H21N2NaO4. The van der Waals surface area contributed by atoms with E-state index >= 15 is 0 Å². The fourth-order valence-corrected chi connectivity index (χ4v) is 3.65. The fourth-order valence-electron chi connectivity index (χ4n) is 3.65. The number of rotatable bonds is 6. The topological polar surface area (TPSA) is 95.3 Å². The number of aromatic nitrogens is 1. The van der Waals surface area contributed by atoms with Crippen LogP contribution in [0.1, 0.15) is 41.8 Å². The van der Waals surface area contributed by atoms with Crippen LogP contribution in [-0.2, 0) is 15.0 Å². The van der Waals surface area contributed by atoms with Crippen molar-refractivity contribution >= 4 is 11.9 Å². The summed E-state index contributed by atoms with van der Waals surface area (Å²) < 4.78 is 5.16. The van der Waals surface area contributed by atoms with E-state index in [9.17, 15) is 14.7 Å². The second-order valence-electron chi connectivity index (χ2n) is 6.77. The molecule has 0 saturated heterocycles. The maximum atomic E-state index is 12.5. The van der Waals surface area contributed by atoms with Gasteiger partial charge in [-0.2, -0.15) is 0 Å². The molecule has 1 aliphatic rings. The van der Waals surface area contributed by atoms with Crippen molar-refractivity contribution in [3.05, 3.63) is 52.9 Å². The molecule has 0 bridgehead atoms. The van der Waals surface area contributed by atoms with Crippen molar-refractivity contribution in [2.24, 2.45) is 5.92 Å². The number of hydrogen-bond acceptors (Lipinski definition) is 5. The third kappa shape index (κ3) is 3.59. The number of aryl methyl sites for hydroxylation is 2. The molecule has 0 aliphatic heterocycles. The fraction of sp³-hybridized carbons (Fsp3) is 0.421. The van der Waals surface area contributed by atoms with Gasteiger partial charge in [-0.05, 0) is 25.8 Å². The van der Waals surface area contributed by atoms with Crippen molar-refractivity contribution in [1.82, 2.24) is 10.5 Å². The van der Waals surface area contributed by atoms with Gasteiger partial charge in [-0.1, -0.05) is 42.4 Å². The monoisotopic (exact) mass is 364 g/mol. The van der Waals surface area contributed by atoms with E-state index in [0.717, 1.165) is 17.0 Å². The minimum Gasteiger partial charge on any atom is -0.549 e. The summed E-state index contributed by atoms with van der Waals surface area (Å²) in [7, 11) is 0. The smallest absolute Gasteiger partial charge is 0.549 e. The number of nitrogens with one attached hydrogen (secondary N) is 1. The zero-order chi connectivity index (χ0) is 18.2. The zero-order valence-electron chi connectivity index (χ0n) is 15.5. The normalized spacial score (nSPS) is 22.2. The van der Waals surface area contributed by atoms with Gasteiger partial charge in [-0.25, -0.2) is 0 Å². The molecule has 1 aromatic heterocycles. The van der Waals surface area contributed by atoms with Crippen LogP contribution in [0.3, 0.4) is 0 Å². The second kappa shape index (κ2) is 7.94. The molecule has 1 amide bonds. The van der Waals surface area contributed by atoms with Crippen molar-refractivity contribution in [3.8, 4) is 0 Å². The summed E-state index contributed by atoms with van der Waals surface area (Å²) in [6, 6.07) is 8.82. The zero-order valence-corrected chi connectivity index (χ0v) is 17.5. The van der Waals surface area contributed by atoms with E-state index in [0.29, 0.717) is 12.1 Å². The second-order valence-corrected chi connectivity index (χ2v) is 6.77. The van der Waals surface area contributed by atoms with Gasteiger partial charge in [0.05, 0.1) is 17.6 Å². The van der Waals surface area contributed by atoms with Gasteiger partial charge in [-0.15, -0.1) is 0 Å². The minimum absolute atomic E-state index is 0. The van der Waals surface area contributed by atoms with Crippen LogP contribution in [0.15, 0.2) is 34.9 Å². The third-order valence-electron chi connectivity index (χ3n) is 5.09. The number of hydrogen-bond donors (Lipinski definition) is 1. The molecule has 1 aromatic carbocycles. The molecule has 1 heterocycles. The molecule has 1 unspecified atom stereocenters. The predicted octanol–water partition coefficient (Wildman–Crippen LogP) is -1.78. The molecule has 7 heteroatoms. The third-order valence-corrected chi connectivity index (χ3v) is 5.09. The molecule has 0 radical (unpaired) electrons. The number of carbonyl (C=O) groups excluding carboxylic acids is 2. The summed E-state index contributed by atoms with van der Waals surface area (Å²) in [6.45, 7) is 6.08. The SMILES string of the molecule is Cc1noc(C)c1C(C)CNC(=O)[C@@H]1C[C@@]1(C(=O)[O-])c1ccccc1.[Na+]. The number of carbonyl (C=O) groups is 2. The molecule has 26 heavy (non-hydrogen) atoms. The maximum absolute atomic E-state index is 12.5. The number of nitrogens with zero attached hydrogens (tertiary/aromatic N) is 1. The van der Waals surface area contributed by atoms with Gasteiger partial charge in [0.2, 0.25) is 5.91 Å². The van der Waals surface area contributed by atoms with Crippen LogP contribution < -0.4 is 40.0 Å². The molecule has 2 aromatic rings. The quantitative estimate of drug-likeness (QED) is 0.612. The van der Waals surface area contributed by atoms with Crippen molar-refractivity contribution in [1.29, 1.82) is 0 Å². The van der Waals surface area contributed by atoms with Crippen LogP contribution in [0.2, 0.25) is 0 Å². The van der Waals surface area contributed by atoms with Crippen molar-refractivity contribution in [3.63, 3.8) is 0 Å². The Labute approximate surface area is 174 Å². The Hall–Kier alpha value is -1.63. The Bertz CT molecular complexity index is 786. The van der Waals surface area contributed by atoms with E-state index in [1.54, 1.807) is 24.3 Å². The summed E-state index contributed by atoms with van der Waals surface area (Å²) in [6.07, 6.45) is 0.269. The average molecular weight is 364 g/mol. The van der Waals surface area contributed by atoms with Gasteiger partial charge >= 0.3 is 29.6 Å². The average Bonchev–Trinajstić information content (AvgIpc) is 3.28. The van der Waals surface area contributed by atoms with Gasteiger partial charge in [0.1, 0.15) is 5.76 Å². The molecule has 132 valence electrons. The Kier molecular flexibility index (Phi) is 6.32. The molecule has 1 saturated carbocycles. The summed E-state index contributed by atoms with van der Waals surface area (Å²) in [5.74, 6) is -1.29. The van der Waals surface area contributed by atoms with Crippen LogP contribution in [0.4, 0.5) is 0 Å². The molecule has 1 fully saturated rings. The molecule has 3 rings (SSSR count). The Morgan fingerprint density at radius 2 is 2.00 bits per heavy atom. The van der Waals surface area contributed by atoms with Crippen LogP contribution in [0.25, 0.3) is 0 Å². The first-order valence-corrected chi connectivity index (χ1v) is 8.35. The minimum atomic E-state index is -1.21. The van der Waals surface area contributed by atoms with Crippen LogP contribution in [-0.4, -0.2) is 23.6 Å². The first-order chi connectivity index (χ1) is 11.9. The van der Waals surface area contributed by atoms with E-state index in [1.165, 1.54) is 0 Å². The van der Waals surface area contributed by atoms with Crippen molar-refractivity contribution in [2.75, 3.05) is 6.54 Å².